The summed E-state index contributed by atoms with van der Waals surface area (Å²) in [4.78, 5) is 49.8. The Kier molecular flexibility index (Phi) is 9.33. The van der Waals surface area contributed by atoms with Crippen molar-refractivity contribution in [2.24, 2.45) is 0 Å². The van der Waals surface area contributed by atoms with Crippen LogP contribution in [-0.2, 0) is 56.8 Å². The average molecular weight is 535 g/mol. The maximum absolute atomic E-state index is 13.1. The molecule has 0 amide bonds. The van der Waals surface area contributed by atoms with Crippen LogP contribution in [0.2, 0.25) is 18.1 Å². The lowest BCUT2D eigenvalue weighted by atomic mass is 9.79. The van der Waals surface area contributed by atoms with Crippen molar-refractivity contribution in [1.82, 2.24) is 0 Å². The Morgan fingerprint density at radius 3 is 2.00 bits per heavy atom. The van der Waals surface area contributed by atoms with E-state index in [4.69, 9.17) is 37.6 Å². The van der Waals surface area contributed by atoms with Crippen molar-refractivity contribution in [2.75, 3.05) is 20.8 Å². The number of hydrogen-bond donors (Lipinski definition) is 0. The second-order valence-electron chi connectivity index (χ2n) is 10.4. The van der Waals surface area contributed by atoms with Crippen LogP contribution in [-0.4, -0.2) is 95.4 Å². The Balaban J connectivity index is 2.76. The zero-order valence-corrected chi connectivity index (χ0v) is 23.6. The Labute approximate surface area is 212 Å². The summed E-state index contributed by atoms with van der Waals surface area (Å²) in [6.45, 7) is 13.1. The van der Waals surface area contributed by atoms with Crippen LogP contribution in [0.15, 0.2) is 0 Å². The van der Waals surface area contributed by atoms with E-state index >= 15 is 0 Å². The molecule has 0 aromatic rings. The summed E-state index contributed by atoms with van der Waals surface area (Å²) in [7, 11) is -0.135. The normalized spacial score (nSPS) is 31.1. The Morgan fingerprint density at radius 2 is 1.56 bits per heavy atom. The molecule has 0 saturated carbocycles. The molecule has 13 heteroatoms. The van der Waals surface area contributed by atoms with E-state index in [0.717, 1.165) is 13.8 Å². The maximum atomic E-state index is 13.1. The lowest BCUT2D eigenvalue weighted by Gasteiger charge is -2.52. The Hall–Kier alpha value is -2.06. The summed E-state index contributed by atoms with van der Waals surface area (Å²) in [5.74, 6) is -3.01. The van der Waals surface area contributed by atoms with Crippen LogP contribution in [0.3, 0.4) is 0 Å². The number of carbonyl (C=O) groups is 4. The van der Waals surface area contributed by atoms with Gasteiger partial charge in [0.05, 0.1) is 13.7 Å². The molecule has 12 nitrogen and oxygen atoms in total. The SMILES string of the molecule is COC(=O)[C@@H](O[Si](C)(C)C(C)(C)C)C1OC(OC)C2OC[C@H](OC(C)=O)C2(OC(C)=O)C1OC(C)=O. The van der Waals surface area contributed by atoms with Crippen molar-refractivity contribution < 1.29 is 56.8 Å². The van der Waals surface area contributed by atoms with Crippen LogP contribution in [0.4, 0.5) is 0 Å². The number of fused-ring (bicyclic) bond motifs is 1. The van der Waals surface area contributed by atoms with Crippen LogP contribution in [0.5, 0.6) is 0 Å². The van der Waals surface area contributed by atoms with E-state index in [1.54, 1.807) is 0 Å². The average Bonchev–Trinajstić information content (AvgIpc) is 3.08. The molecule has 2 saturated heterocycles. The predicted molar refractivity (Wildman–Crippen MR) is 125 cm³/mol. The largest absolute Gasteiger partial charge is 0.467 e. The monoisotopic (exact) mass is 534 g/mol. The highest BCUT2D eigenvalue weighted by molar-refractivity contribution is 6.74. The molecule has 2 heterocycles. The van der Waals surface area contributed by atoms with Gasteiger partial charge >= 0.3 is 23.9 Å². The highest BCUT2D eigenvalue weighted by Crippen LogP contribution is 2.47. The molecule has 2 aliphatic heterocycles. The highest BCUT2D eigenvalue weighted by atomic mass is 28.4. The van der Waals surface area contributed by atoms with Crippen LogP contribution >= 0.6 is 0 Å². The van der Waals surface area contributed by atoms with Gasteiger partial charge < -0.3 is 37.6 Å². The van der Waals surface area contributed by atoms with E-state index < -0.39 is 74.6 Å². The smallest absolute Gasteiger partial charge is 0.336 e. The molecule has 206 valence electrons. The summed E-state index contributed by atoms with van der Waals surface area (Å²) in [6, 6.07) is 0. The van der Waals surface area contributed by atoms with E-state index in [1.165, 1.54) is 21.1 Å². The first-order valence-corrected chi connectivity index (χ1v) is 14.5. The molecule has 0 aliphatic carbocycles. The van der Waals surface area contributed by atoms with Crippen LogP contribution < -0.4 is 0 Å². The lowest BCUT2D eigenvalue weighted by Crippen LogP contribution is -2.74. The number of methoxy groups -OCH3 is 2. The predicted octanol–water partition coefficient (Wildman–Crippen LogP) is 1.49. The molecule has 0 bridgehead atoms. The highest BCUT2D eigenvalue weighted by Gasteiger charge is 2.72. The third-order valence-electron chi connectivity index (χ3n) is 6.77. The minimum atomic E-state index is -2.65. The first-order valence-electron chi connectivity index (χ1n) is 11.6. The zero-order chi connectivity index (χ0) is 27.6. The standard InChI is InChI=1S/C23H38O12Si/c1-12(24)31-15-11-30-19-21(29-8)33-16(18(32-13(2)25)23(15,19)34-14(3)26)17(20(27)28-7)35-36(9,10)22(4,5)6/h15-19,21H,11H2,1-10H3/t15-,16?,17-,18?,19?,21?,23?/m0/s1. The molecular weight excluding hydrogens is 496 g/mol. The van der Waals surface area contributed by atoms with Gasteiger partial charge in [0.25, 0.3) is 0 Å². The first kappa shape index (κ1) is 30.2. The number of ether oxygens (including phenoxy) is 7. The molecule has 7 atom stereocenters. The number of rotatable bonds is 8. The second kappa shape index (κ2) is 11.1. The van der Waals surface area contributed by atoms with Gasteiger partial charge in [0, 0.05) is 27.9 Å². The fourth-order valence-corrected chi connectivity index (χ4v) is 5.41. The van der Waals surface area contributed by atoms with Gasteiger partial charge in [-0.2, -0.15) is 0 Å². The van der Waals surface area contributed by atoms with E-state index in [-0.39, 0.29) is 11.6 Å². The van der Waals surface area contributed by atoms with Gasteiger partial charge in [-0.15, -0.1) is 0 Å². The number of hydrogen-bond acceptors (Lipinski definition) is 12. The maximum Gasteiger partial charge on any atom is 0.336 e. The van der Waals surface area contributed by atoms with E-state index in [9.17, 15) is 19.2 Å². The van der Waals surface area contributed by atoms with Gasteiger partial charge in [-0.3, -0.25) is 14.4 Å². The van der Waals surface area contributed by atoms with E-state index in [0.29, 0.717) is 0 Å². The molecule has 2 rings (SSSR count). The topological polar surface area (TPSA) is 142 Å². The van der Waals surface area contributed by atoms with Crippen molar-refractivity contribution in [3.8, 4) is 0 Å². The first-order chi connectivity index (χ1) is 16.5. The summed E-state index contributed by atoms with van der Waals surface area (Å²) in [6.07, 6.45) is -7.86. The molecule has 0 aromatic carbocycles. The fraction of sp³-hybridized carbons (Fsp3) is 0.826. The number of carbonyl (C=O) groups excluding carboxylic acids is 4. The summed E-state index contributed by atoms with van der Waals surface area (Å²) >= 11 is 0. The van der Waals surface area contributed by atoms with Gasteiger partial charge in [-0.05, 0) is 18.1 Å². The second-order valence-corrected chi connectivity index (χ2v) is 15.1. The summed E-state index contributed by atoms with van der Waals surface area (Å²) in [5.41, 5.74) is -1.91. The molecule has 36 heavy (non-hydrogen) atoms. The quantitative estimate of drug-likeness (QED) is 0.253. The van der Waals surface area contributed by atoms with Crippen LogP contribution in [0.25, 0.3) is 0 Å². The fourth-order valence-electron chi connectivity index (χ4n) is 4.19. The minimum Gasteiger partial charge on any atom is -0.467 e. The zero-order valence-electron chi connectivity index (χ0n) is 22.6. The summed E-state index contributed by atoms with van der Waals surface area (Å²) in [5, 5.41) is -0.321. The van der Waals surface area contributed by atoms with Gasteiger partial charge in [0.2, 0.25) is 5.60 Å². The third-order valence-corrected chi connectivity index (χ3v) is 11.2. The van der Waals surface area contributed by atoms with Crippen molar-refractivity contribution in [2.45, 2.75) is 102 Å². The molecule has 0 N–H and O–H groups in total. The van der Waals surface area contributed by atoms with Crippen molar-refractivity contribution >= 4 is 32.2 Å². The van der Waals surface area contributed by atoms with Crippen molar-refractivity contribution in [3.63, 3.8) is 0 Å². The van der Waals surface area contributed by atoms with E-state index in [1.807, 2.05) is 33.9 Å². The molecule has 2 fully saturated rings. The molecule has 0 radical (unpaired) electrons. The van der Waals surface area contributed by atoms with Crippen LogP contribution in [0, 0.1) is 0 Å². The van der Waals surface area contributed by atoms with Gasteiger partial charge in [-0.1, -0.05) is 20.8 Å². The van der Waals surface area contributed by atoms with Gasteiger partial charge in [0.15, 0.2) is 39.0 Å². The van der Waals surface area contributed by atoms with E-state index in [2.05, 4.69) is 0 Å². The van der Waals surface area contributed by atoms with Gasteiger partial charge in [0.1, 0.15) is 6.10 Å². The molecule has 0 spiro atoms. The lowest BCUT2D eigenvalue weighted by molar-refractivity contribution is -0.331. The molecule has 2 aliphatic rings. The van der Waals surface area contributed by atoms with Gasteiger partial charge in [-0.25, -0.2) is 4.79 Å². The molecule has 0 aromatic heterocycles. The summed E-state index contributed by atoms with van der Waals surface area (Å²) < 4.78 is 45.8. The van der Waals surface area contributed by atoms with Crippen molar-refractivity contribution in [1.29, 1.82) is 0 Å². The number of esters is 4. The van der Waals surface area contributed by atoms with Crippen molar-refractivity contribution in [3.05, 3.63) is 0 Å². The molecule has 5 unspecified atom stereocenters. The Morgan fingerprint density at radius 1 is 0.972 bits per heavy atom. The minimum absolute atomic E-state index is 0.211. The Bertz CT molecular complexity index is 853. The molecular formula is C23H38O12Si. The van der Waals surface area contributed by atoms with Crippen LogP contribution in [0.1, 0.15) is 41.5 Å². The third kappa shape index (κ3) is 5.91.